The van der Waals surface area contributed by atoms with Crippen LogP contribution in [-0.2, 0) is 6.42 Å². The lowest BCUT2D eigenvalue weighted by atomic mass is 10.0. The number of aliphatic hydroxyl groups excluding tert-OH is 1. The first-order chi connectivity index (χ1) is 12.0. The maximum absolute atomic E-state index is 9.59. The van der Waals surface area contributed by atoms with E-state index < -0.39 is 0 Å². The predicted molar refractivity (Wildman–Crippen MR) is 104 cm³/mol. The van der Waals surface area contributed by atoms with Gasteiger partial charge in [0.15, 0.2) is 0 Å². The highest BCUT2D eigenvalue weighted by Gasteiger charge is 2.16. The summed E-state index contributed by atoms with van der Waals surface area (Å²) < 4.78 is 6.45. The molecule has 0 spiro atoms. The van der Waals surface area contributed by atoms with Crippen molar-refractivity contribution >= 4 is 27.7 Å². The van der Waals surface area contributed by atoms with Crippen LogP contribution >= 0.6 is 15.9 Å². The molecular weight excluding hydrogens is 384 g/mol. The number of anilines is 2. The van der Waals surface area contributed by atoms with E-state index in [9.17, 15) is 5.11 Å². The van der Waals surface area contributed by atoms with Crippen molar-refractivity contribution in [3.63, 3.8) is 0 Å². The monoisotopic (exact) mass is 408 g/mol. The number of aryl methyl sites for hydroxylation is 1. The fourth-order valence-corrected chi connectivity index (χ4v) is 3.09. The second-order valence-electron chi connectivity index (χ2n) is 5.94. The third-order valence-electron chi connectivity index (χ3n) is 4.05. The van der Waals surface area contributed by atoms with Crippen molar-refractivity contribution in [2.24, 2.45) is 0 Å². The summed E-state index contributed by atoms with van der Waals surface area (Å²) in [4.78, 5) is 8.66. The molecule has 0 saturated carbocycles. The average molecular weight is 409 g/mol. The molecule has 1 heterocycles. The number of hydrogen-bond donors (Lipinski definition) is 3. The zero-order chi connectivity index (χ0) is 18.4. The molecule has 0 bridgehead atoms. The largest absolute Gasteiger partial charge is 0.496 e. The molecule has 25 heavy (non-hydrogen) atoms. The predicted octanol–water partition coefficient (Wildman–Crippen LogP) is 3.30. The second kappa shape index (κ2) is 9.01. The van der Waals surface area contributed by atoms with Crippen molar-refractivity contribution in [2.75, 3.05) is 24.8 Å². The van der Waals surface area contributed by atoms with Crippen LogP contribution in [0.15, 0.2) is 22.7 Å². The van der Waals surface area contributed by atoms with Gasteiger partial charge in [-0.1, -0.05) is 35.3 Å². The van der Waals surface area contributed by atoms with Crippen molar-refractivity contribution in [1.82, 2.24) is 9.97 Å². The highest BCUT2D eigenvalue weighted by atomic mass is 79.9. The lowest BCUT2D eigenvalue weighted by Crippen LogP contribution is -2.25. The van der Waals surface area contributed by atoms with Crippen LogP contribution in [0.3, 0.4) is 0 Å². The fraction of sp³-hybridized carbons (Fsp3) is 0.444. The van der Waals surface area contributed by atoms with Gasteiger partial charge in [-0.05, 0) is 31.0 Å². The van der Waals surface area contributed by atoms with Gasteiger partial charge in [0.05, 0.1) is 19.8 Å². The summed E-state index contributed by atoms with van der Waals surface area (Å²) in [6.07, 6.45) is 2.42. The summed E-state index contributed by atoms with van der Waals surface area (Å²) in [5.41, 5.74) is 8.62. The molecule has 136 valence electrons. The van der Waals surface area contributed by atoms with Crippen LogP contribution in [0.2, 0.25) is 0 Å². The Kier molecular flexibility index (Phi) is 7.01. The Morgan fingerprint density at radius 1 is 1.36 bits per heavy atom. The van der Waals surface area contributed by atoms with Gasteiger partial charge in [0.25, 0.3) is 0 Å². The summed E-state index contributed by atoms with van der Waals surface area (Å²) in [6, 6.07) is 5.86. The molecule has 4 N–H and O–H groups in total. The number of benzene rings is 1. The summed E-state index contributed by atoms with van der Waals surface area (Å²) in [5, 5.41) is 12.9. The number of aliphatic hydroxyl groups is 1. The molecule has 1 aromatic heterocycles. The zero-order valence-corrected chi connectivity index (χ0v) is 16.4. The van der Waals surface area contributed by atoms with Gasteiger partial charge in [-0.2, -0.15) is 4.98 Å². The van der Waals surface area contributed by atoms with Gasteiger partial charge < -0.3 is 20.9 Å². The minimum absolute atomic E-state index is 0.0395. The van der Waals surface area contributed by atoms with Crippen LogP contribution in [0.1, 0.15) is 36.6 Å². The average Bonchev–Trinajstić information content (AvgIpc) is 2.58. The van der Waals surface area contributed by atoms with Gasteiger partial charge in [0.2, 0.25) is 5.95 Å². The van der Waals surface area contributed by atoms with Crippen LogP contribution < -0.4 is 15.8 Å². The van der Waals surface area contributed by atoms with E-state index in [2.05, 4.69) is 38.1 Å². The molecule has 2 aromatic rings. The Bertz CT molecular complexity index is 724. The van der Waals surface area contributed by atoms with Crippen LogP contribution in [0, 0.1) is 6.92 Å². The number of hydrogen-bond acceptors (Lipinski definition) is 6. The number of nitrogens with two attached hydrogens (primary N) is 1. The summed E-state index contributed by atoms with van der Waals surface area (Å²) in [5.74, 6) is 1.69. The molecule has 0 amide bonds. The van der Waals surface area contributed by atoms with Crippen LogP contribution in [0.5, 0.6) is 5.75 Å². The van der Waals surface area contributed by atoms with E-state index in [1.807, 2.05) is 25.1 Å². The molecule has 6 nitrogen and oxygen atoms in total. The lowest BCUT2D eigenvalue weighted by Gasteiger charge is -2.20. The number of ether oxygens (including phenoxy) is 1. The number of rotatable bonds is 8. The minimum Gasteiger partial charge on any atom is -0.496 e. The lowest BCUT2D eigenvalue weighted by molar-refractivity contribution is 0.268. The maximum Gasteiger partial charge on any atom is 0.222 e. The minimum atomic E-state index is -0.0655. The number of nitrogen functional groups attached to an aromatic ring is 1. The maximum atomic E-state index is 9.59. The third-order valence-corrected chi connectivity index (χ3v) is 4.54. The third kappa shape index (κ3) is 5.06. The number of methoxy groups -OCH3 is 1. The fourth-order valence-electron chi connectivity index (χ4n) is 2.75. The Morgan fingerprint density at radius 3 is 2.76 bits per heavy atom. The van der Waals surface area contributed by atoms with Crippen molar-refractivity contribution in [2.45, 2.75) is 39.2 Å². The van der Waals surface area contributed by atoms with E-state index in [1.54, 1.807) is 7.11 Å². The van der Waals surface area contributed by atoms with E-state index in [0.717, 1.165) is 39.9 Å². The highest BCUT2D eigenvalue weighted by Crippen LogP contribution is 2.29. The molecule has 0 aliphatic rings. The summed E-state index contributed by atoms with van der Waals surface area (Å²) in [6.45, 7) is 4.03. The molecule has 0 radical (unpaired) electrons. The van der Waals surface area contributed by atoms with E-state index in [1.165, 1.54) is 0 Å². The molecule has 0 aliphatic carbocycles. The molecule has 0 saturated heterocycles. The van der Waals surface area contributed by atoms with Crippen LogP contribution in [-0.4, -0.2) is 34.8 Å². The summed E-state index contributed by atoms with van der Waals surface area (Å²) >= 11 is 3.46. The van der Waals surface area contributed by atoms with Gasteiger partial charge in [-0.15, -0.1) is 0 Å². The van der Waals surface area contributed by atoms with Gasteiger partial charge in [-0.3, -0.25) is 0 Å². The first-order valence-corrected chi connectivity index (χ1v) is 9.10. The first-order valence-electron chi connectivity index (χ1n) is 8.31. The molecule has 0 aliphatic heterocycles. The Labute approximate surface area is 157 Å². The highest BCUT2D eigenvalue weighted by molar-refractivity contribution is 9.10. The molecule has 1 atom stereocenters. The normalized spacial score (nSPS) is 12.0. The Morgan fingerprint density at radius 2 is 2.12 bits per heavy atom. The molecule has 2 rings (SSSR count). The second-order valence-corrected chi connectivity index (χ2v) is 6.86. The van der Waals surface area contributed by atoms with Crippen molar-refractivity contribution < 1.29 is 9.84 Å². The van der Waals surface area contributed by atoms with Crippen molar-refractivity contribution in [3.8, 4) is 5.75 Å². The van der Waals surface area contributed by atoms with Gasteiger partial charge in [-0.25, -0.2) is 4.98 Å². The van der Waals surface area contributed by atoms with Crippen LogP contribution in [0.4, 0.5) is 11.8 Å². The van der Waals surface area contributed by atoms with Gasteiger partial charge >= 0.3 is 0 Å². The Hall–Kier alpha value is -1.86. The van der Waals surface area contributed by atoms with Crippen molar-refractivity contribution in [3.05, 3.63) is 39.5 Å². The van der Waals surface area contributed by atoms with Gasteiger partial charge in [0.1, 0.15) is 11.6 Å². The first kappa shape index (κ1) is 19.5. The van der Waals surface area contributed by atoms with E-state index >= 15 is 0 Å². The molecule has 1 aromatic carbocycles. The Balaban J connectivity index is 2.39. The van der Waals surface area contributed by atoms with E-state index in [-0.39, 0.29) is 18.6 Å². The number of nitrogens with one attached hydrogen (secondary N) is 1. The van der Waals surface area contributed by atoms with E-state index in [4.69, 9.17) is 10.5 Å². The smallest absolute Gasteiger partial charge is 0.222 e. The topological polar surface area (TPSA) is 93.3 Å². The number of halogens is 1. The molecule has 7 heteroatoms. The zero-order valence-electron chi connectivity index (χ0n) is 14.8. The van der Waals surface area contributed by atoms with Gasteiger partial charge in [0, 0.05) is 22.2 Å². The summed E-state index contributed by atoms with van der Waals surface area (Å²) in [7, 11) is 1.65. The van der Waals surface area contributed by atoms with Crippen LogP contribution in [0.25, 0.3) is 0 Å². The standard InChI is InChI=1S/C18H25BrN4O2/c1-4-5-14(10-24)22-17-15(11(2)21-18(20)23-17)8-12-6-7-13(19)9-16(12)25-3/h6-7,9,14,24H,4-5,8,10H2,1-3H3,(H3,20,21,22,23)/t14-/m0/s1. The SMILES string of the molecule is CCC[C@@H](CO)Nc1nc(N)nc(C)c1Cc1ccc(Br)cc1OC. The molecular formula is C18H25BrN4O2. The van der Waals surface area contributed by atoms with E-state index in [0.29, 0.717) is 12.2 Å². The molecule has 0 unspecified atom stereocenters. The van der Waals surface area contributed by atoms with Crippen molar-refractivity contribution in [1.29, 1.82) is 0 Å². The number of aromatic nitrogens is 2. The molecule has 0 fully saturated rings. The number of nitrogens with zero attached hydrogens (tertiary/aromatic N) is 2. The quantitative estimate of drug-likeness (QED) is 0.620.